The van der Waals surface area contributed by atoms with Gasteiger partial charge in [-0.15, -0.1) is 0 Å². The van der Waals surface area contributed by atoms with Crippen molar-refractivity contribution >= 4 is 29.0 Å². The van der Waals surface area contributed by atoms with Crippen molar-refractivity contribution in [1.82, 2.24) is 5.32 Å². The number of fused-ring (bicyclic) bond motifs is 1. The Labute approximate surface area is 153 Å². The van der Waals surface area contributed by atoms with Gasteiger partial charge in [0.2, 0.25) is 5.91 Å². The fraction of sp³-hybridized carbons (Fsp3) is 0.381. The minimum atomic E-state index is -0.165. The van der Waals surface area contributed by atoms with Gasteiger partial charge in [-0.05, 0) is 23.3 Å². The smallest absolute Gasteiger partial charge is 0.321 e. The maximum absolute atomic E-state index is 12.5. The van der Waals surface area contributed by atoms with Gasteiger partial charge in [0.15, 0.2) is 0 Å². The number of rotatable bonds is 6. The van der Waals surface area contributed by atoms with Crippen LogP contribution in [0.4, 0.5) is 0 Å². The van der Waals surface area contributed by atoms with Crippen molar-refractivity contribution in [3.63, 3.8) is 0 Å². The van der Waals surface area contributed by atoms with E-state index in [1.807, 2.05) is 49.4 Å². The van der Waals surface area contributed by atoms with E-state index < -0.39 is 0 Å². The molecule has 1 aliphatic rings. The van der Waals surface area contributed by atoms with Crippen molar-refractivity contribution in [3.05, 3.63) is 48.0 Å². The fourth-order valence-electron chi connectivity index (χ4n) is 3.84. The standard InChI is InChI=1S/C21H24N2O3/c1-16-6-5-13-23(16,15-24)21(26)12-11-20(25)22-14-18-9-4-8-17-7-2-3-10-19(17)18/h2-4,7-10,15-16H,5-6,11-14H2,1H3/p+1/t16-,23?/m1/s1. The van der Waals surface area contributed by atoms with Crippen LogP contribution in [0.3, 0.4) is 0 Å². The normalized spacial score (nSPS) is 22.3. The molecule has 0 saturated carbocycles. The third-order valence-electron chi connectivity index (χ3n) is 5.51. The average Bonchev–Trinajstić information content (AvgIpc) is 3.06. The van der Waals surface area contributed by atoms with Crippen LogP contribution in [0.1, 0.15) is 38.2 Å². The van der Waals surface area contributed by atoms with Gasteiger partial charge < -0.3 is 5.32 Å². The summed E-state index contributed by atoms with van der Waals surface area (Å²) >= 11 is 0. The van der Waals surface area contributed by atoms with Crippen molar-refractivity contribution < 1.29 is 18.9 Å². The molecular weight excluding hydrogens is 328 g/mol. The molecule has 1 aliphatic heterocycles. The van der Waals surface area contributed by atoms with E-state index in [-0.39, 0.29) is 35.2 Å². The molecule has 3 rings (SSSR count). The van der Waals surface area contributed by atoms with Gasteiger partial charge >= 0.3 is 12.3 Å². The highest BCUT2D eigenvalue weighted by Crippen LogP contribution is 2.26. The molecule has 2 atom stereocenters. The highest BCUT2D eigenvalue weighted by Gasteiger charge is 2.45. The van der Waals surface area contributed by atoms with Crippen molar-refractivity contribution in [2.75, 3.05) is 6.54 Å². The van der Waals surface area contributed by atoms with Gasteiger partial charge in [-0.2, -0.15) is 4.48 Å². The first-order valence-corrected chi connectivity index (χ1v) is 9.17. The van der Waals surface area contributed by atoms with Gasteiger partial charge in [0, 0.05) is 25.8 Å². The zero-order valence-corrected chi connectivity index (χ0v) is 15.1. The number of imide groups is 1. The van der Waals surface area contributed by atoms with Gasteiger partial charge in [0.05, 0.1) is 13.0 Å². The van der Waals surface area contributed by atoms with Gasteiger partial charge in [0.25, 0.3) is 0 Å². The van der Waals surface area contributed by atoms with Gasteiger partial charge in [-0.3, -0.25) is 4.79 Å². The Balaban J connectivity index is 1.56. The molecule has 0 radical (unpaired) electrons. The number of nitrogens with one attached hydrogen (secondary N) is 1. The molecule has 2 aromatic carbocycles. The molecule has 0 bridgehead atoms. The Morgan fingerprint density at radius 1 is 1.15 bits per heavy atom. The first-order valence-electron chi connectivity index (χ1n) is 9.17. The summed E-state index contributed by atoms with van der Waals surface area (Å²) in [6, 6.07) is 14.1. The number of benzene rings is 2. The number of quaternary nitrogens is 1. The third-order valence-corrected chi connectivity index (χ3v) is 5.51. The van der Waals surface area contributed by atoms with E-state index in [4.69, 9.17) is 0 Å². The monoisotopic (exact) mass is 353 g/mol. The van der Waals surface area contributed by atoms with Crippen molar-refractivity contribution in [2.24, 2.45) is 0 Å². The van der Waals surface area contributed by atoms with E-state index >= 15 is 0 Å². The molecule has 1 saturated heterocycles. The molecule has 5 nitrogen and oxygen atoms in total. The summed E-state index contributed by atoms with van der Waals surface area (Å²) in [5, 5.41) is 5.14. The van der Waals surface area contributed by atoms with E-state index in [1.165, 1.54) is 0 Å². The van der Waals surface area contributed by atoms with Crippen molar-refractivity contribution in [2.45, 2.75) is 45.2 Å². The molecule has 1 unspecified atom stereocenters. The van der Waals surface area contributed by atoms with Gasteiger partial charge in [-0.25, -0.2) is 9.59 Å². The predicted molar refractivity (Wildman–Crippen MR) is 99.9 cm³/mol. The number of amides is 3. The summed E-state index contributed by atoms with van der Waals surface area (Å²) in [4.78, 5) is 36.2. The van der Waals surface area contributed by atoms with E-state index in [9.17, 15) is 14.4 Å². The van der Waals surface area contributed by atoms with Crippen LogP contribution in [0.15, 0.2) is 42.5 Å². The zero-order chi connectivity index (χ0) is 18.6. The van der Waals surface area contributed by atoms with Crippen LogP contribution in [0, 0.1) is 0 Å². The molecule has 3 amide bonds. The molecule has 1 heterocycles. The van der Waals surface area contributed by atoms with E-state index in [0.717, 1.165) is 35.6 Å². The molecule has 136 valence electrons. The molecule has 1 fully saturated rings. The molecule has 0 aromatic heterocycles. The number of hydrogen-bond acceptors (Lipinski definition) is 3. The van der Waals surface area contributed by atoms with Crippen LogP contribution in [0.5, 0.6) is 0 Å². The second kappa shape index (κ2) is 7.79. The van der Waals surface area contributed by atoms with Crippen molar-refractivity contribution in [1.29, 1.82) is 0 Å². The Kier molecular flexibility index (Phi) is 5.47. The van der Waals surface area contributed by atoms with Crippen molar-refractivity contribution in [3.8, 4) is 0 Å². The number of carbonyl (C=O) groups excluding carboxylic acids is 3. The van der Waals surface area contributed by atoms with Crippen LogP contribution in [0.25, 0.3) is 10.8 Å². The maximum atomic E-state index is 12.5. The first kappa shape index (κ1) is 18.3. The molecule has 0 aliphatic carbocycles. The number of hydrogen-bond donors (Lipinski definition) is 1. The summed E-state index contributed by atoms with van der Waals surface area (Å²) in [5.41, 5.74) is 1.05. The van der Waals surface area contributed by atoms with Crippen LogP contribution < -0.4 is 5.32 Å². The number of likely N-dealkylation sites (tertiary alicyclic amines) is 1. The molecule has 2 aromatic rings. The maximum Gasteiger partial charge on any atom is 0.321 e. The van der Waals surface area contributed by atoms with Crippen LogP contribution in [-0.4, -0.2) is 35.3 Å². The van der Waals surface area contributed by atoms with Gasteiger partial charge in [0.1, 0.15) is 6.04 Å². The summed E-state index contributed by atoms with van der Waals surface area (Å²) < 4.78 is -0.128. The second-order valence-corrected chi connectivity index (χ2v) is 7.06. The Hall–Kier alpha value is -2.53. The molecule has 5 heteroatoms. The number of nitrogens with zero attached hydrogens (tertiary/aromatic N) is 1. The van der Waals surface area contributed by atoms with E-state index in [2.05, 4.69) is 5.32 Å². The van der Waals surface area contributed by atoms with E-state index in [1.54, 1.807) is 0 Å². The van der Waals surface area contributed by atoms with Crippen LogP contribution in [0.2, 0.25) is 0 Å². The van der Waals surface area contributed by atoms with E-state index in [0.29, 0.717) is 13.1 Å². The molecule has 0 spiro atoms. The topological polar surface area (TPSA) is 63.2 Å². The Bertz CT molecular complexity index is 828. The Morgan fingerprint density at radius 2 is 1.92 bits per heavy atom. The largest absolute Gasteiger partial charge is 0.352 e. The predicted octanol–water partition coefficient (Wildman–Crippen LogP) is 2.92. The second-order valence-electron chi connectivity index (χ2n) is 7.06. The average molecular weight is 353 g/mol. The lowest BCUT2D eigenvalue weighted by Crippen LogP contribution is -2.54. The highest BCUT2D eigenvalue weighted by atomic mass is 16.2. The lowest BCUT2D eigenvalue weighted by molar-refractivity contribution is -0.780. The zero-order valence-electron chi connectivity index (χ0n) is 15.1. The van der Waals surface area contributed by atoms with Crippen LogP contribution >= 0.6 is 0 Å². The number of carbonyl (C=O) groups is 3. The quantitative estimate of drug-likeness (QED) is 0.641. The Morgan fingerprint density at radius 3 is 2.65 bits per heavy atom. The SMILES string of the molecule is C[C@@H]1CCC[N+]1(C=O)C(=O)CCC(=O)NCc1cccc2ccccc12. The first-order chi connectivity index (χ1) is 12.6. The molecule has 26 heavy (non-hydrogen) atoms. The summed E-state index contributed by atoms with van der Waals surface area (Å²) in [5.74, 6) is -0.313. The molecule has 1 N–H and O–H groups in total. The van der Waals surface area contributed by atoms with Gasteiger partial charge in [-0.1, -0.05) is 42.5 Å². The summed E-state index contributed by atoms with van der Waals surface area (Å²) in [6.07, 6.45) is 2.72. The summed E-state index contributed by atoms with van der Waals surface area (Å²) in [6.45, 7) is 2.92. The third kappa shape index (κ3) is 3.53. The lowest BCUT2D eigenvalue weighted by Gasteiger charge is -2.28. The highest BCUT2D eigenvalue weighted by molar-refractivity contribution is 5.87. The van der Waals surface area contributed by atoms with Crippen LogP contribution in [-0.2, 0) is 20.9 Å². The molecular formula is C21H25N2O3+. The lowest BCUT2D eigenvalue weighted by atomic mass is 10.0. The minimum absolute atomic E-state index is 0.0127. The minimum Gasteiger partial charge on any atom is -0.352 e. The summed E-state index contributed by atoms with van der Waals surface area (Å²) in [7, 11) is 0. The fourth-order valence-corrected chi connectivity index (χ4v) is 3.84.